The lowest BCUT2D eigenvalue weighted by Gasteiger charge is -2.57. The topological polar surface area (TPSA) is 189 Å². The van der Waals surface area contributed by atoms with E-state index in [2.05, 4.69) is 31.4 Å². The highest BCUT2D eigenvalue weighted by Gasteiger charge is 2.45. The fourth-order valence-corrected chi connectivity index (χ4v) is 9.92. The Balaban J connectivity index is 0.762. The maximum atomic E-state index is 13.6. The number of β-amino-alcohol motifs (C(OH)–C–C–N with tert-alkyl or cyclic N) is 1. The molecule has 2 unspecified atom stereocenters. The number of phenolic OH excluding ortho intramolecular Hbond substituents is 1. The lowest BCUT2D eigenvalue weighted by molar-refractivity contribution is -0.140. The molecule has 8 rings (SSSR count). The van der Waals surface area contributed by atoms with Crippen LogP contribution in [0.1, 0.15) is 114 Å². The lowest BCUT2D eigenvalue weighted by Crippen LogP contribution is -2.68. The number of hydrogen-bond donors (Lipinski definition) is 4. The minimum Gasteiger partial charge on any atom is -0.507 e. The van der Waals surface area contributed by atoms with Crippen molar-refractivity contribution in [3.05, 3.63) is 65.7 Å². The predicted molar refractivity (Wildman–Crippen MR) is 247 cm³/mol. The maximum Gasteiger partial charge on any atom is 0.253 e. The number of nitrogen functional groups attached to an aromatic ring is 1. The highest BCUT2D eigenvalue weighted by molar-refractivity contribution is 5.94. The Labute approximate surface area is 378 Å². The van der Waals surface area contributed by atoms with Gasteiger partial charge in [0.1, 0.15) is 11.8 Å². The second-order valence-corrected chi connectivity index (χ2v) is 19.6. The van der Waals surface area contributed by atoms with Gasteiger partial charge in [-0.15, -0.1) is 10.2 Å². The molecule has 5 N–H and O–H groups in total. The number of likely N-dealkylation sites (tertiary alicyclic amines) is 1. The molecule has 5 aliphatic heterocycles. The molecule has 0 saturated carbocycles. The van der Waals surface area contributed by atoms with Crippen molar-refractivity contribution in [2.45, 2.75) is 135 Å². The van der Waals surface area contributed by atoms with Crippen LogP contribution in [0.3, 0.4) is 0 Å². The van der Waals surface area contributed by atoms with Gasteiger partial charge in [-0.3, -0.25) is 24.1 Å². The number of aromatic hydroxyl groups is 1. The van der Waals surface area contributed by atoms with Gasteiger partial charge in [0, 0.05) is 94.5 Å². The van der Waals surface area contributed by atoms with E-state index in [1.54, 1.807) is 17.0 Å². The molecule has 346 valence electrons. The molecule has 5 saturated heterocycles. The number of unbranched alkanes of at least 4 members (excludes halogenated alkanes) is 6. The van der Waals surface area contributed by atoms with Crippen molar-refractivity contribution >= 4 is 35.1 Å². The minimum atomic E-state index is -0.630. The number of carbonyl (C=O) groups is 4. The maximum absolute atomic E-state index is 13.6. The molecule has 4 amide bonds. The van der Waals surface area contributed by atoms with E-state index in [-0.39, 0.29) is 35.4 Å². The number of nitrogens with two attached hydrogens (primary N) is 1. The Morgan fingerprint density at radius 3 is 2.12 bits per heavy atom. The van der Waals surface area contributed by atoms with Crippen molar-refractivity contribution in [3.63, 3.8) is 0 Å². The summed E-state index contributed by atoms with van der Waals surface area (Å²) in [5.41, 5.74) is 9.67. The Bertz CT molecular complexity index is 2110. The molecule has 15 heteroatoms. The molecule has 5 atom stereocenters. The number of hydrogen-bond acceptors (Lipinski definition) is 11. The number of piperazine rings is 2. The number of nitrogens with one attached hydrogen (secondary N) is 1. The number of phenols is 1. The van der Waals surface area contributed by atoms with Gasteiger partial charge < -0.3 is 40.9 Å². The molecule has 6 heterocycles. The number of aliphatic hydroxyl groups excluding tert-OH is 1. The summed E-state index contributed by atoms with van der Waals surface area (Å²) in [5.74, 6) is 0.448. The molecule has 1 aromatic heterocycles. The average Bonchev–Trinajstić information content (AvgIpc) is 3.63. The second kappa shape index (κ2) is 20.7. The standard InChI is InChI=1S/C49H69N9O6/c1-33-25-38(59)32-57(33)48(64)45(49(2,3)4)51-43(61)19-10-8-6-5-7-9-11-20-44(62)54-21-23-55(24-22-54)47(63)35-16-14-15-34(26-35)29-58-36-27-37(58)31-56(30-36)41-28-40(52-53-46(41)50)39-17-12-13-18-42(39)60/h12-18,26,28,33,36-38,45,59-60H,5-11,19-25,27,29-32H2,1-4H3,(H2,50,53)(H,51,61)/t33-,36?,37?,38-,45-/m1/s1. The van der Waals surface area contributed by atoms with Gasteiger partial charge in [0.15, 0.2) is 5.82 Å². The summed E-state index contributed by atoms with van der Waals surface area (Å²) in [4.78, 5) is 63.0. The molecular weight excluding hydrogens is 811 g/mol. The summed E-state index contributed by atoms with van der Waals surface area (Å²) in [6.45, 7) is 12.6. The first kappa shape index (κ1) is 46.7. The second-order valence-electron chi connectivity index (χ2n) is 19.6. The molecule has 0 spiro atoms. The van der Waals surface area contributed by atoms with Gasteiger partial charge in [-0.1, -0.05) is 77.1 Å². The summed E-state index contributed by atoms with van der Waals surface area (Å²) in [6.07, 6.45) is 8.69. The first-order valence-electron chi connectivity index (χ1n) is 23.5. The number of anilines is 2. The molecule has 2 aromatic carbocycles. The van der Waals surface area contributed by atoms with Crippen LogP contribution in [-0.2, 0) is 20.9 Å². The number of nitrogens with zero attached hydrogens (tertiary/aromatic N) is 7. The Morgan fingerprint density at radius 1 is 0.812 bits per heavy atom. The van der Waals surface area contributed by atoms with Gasteiger partial charge in [0.25, 0.3) is 5.91 Å². The predicted octanol–water partition coefficient (Wildman–Crippen LogP) is 5.20. The molecule has 0 radical (unpaired) electrons. The van der Waals surface area contributed by atoms with Crippen molar-refractivity contribution in [1.82, 2.24) is 35.1 Å². The van der Waals surface area contributed by atoms with Crippen molar-refractivity contribution in [2.24, 2.45) is 5.41 Å². The van der Waals surface area contributed by atoms with Gasteiger partial charge in [-0.25, -0.2) is 0 Å². The summed E-state index contributed by atoms with van der Waals surface area (Å²) in [6, 6.07) is 17.0. The minimum absolute atomic E-state index is 0.00314. The normalized spacial score (nSPS) is 21.7. The molecule has 2 bridgehead atoms. The Morgan fingerprint density at radius 2 is 1.47 bits per heavy atom. The zero-order chi connectivity index (χ0) is 45.5. The first-order chi connectivity index (χ1) is 30.7. The number of amides is 4. The van der Waals surface area contributed by atoms with E-state index < -0.39 is 17.6 Å². The Hall–Kier alpha value is -5.28. The summed E-state index contributed by atoms with van der Waals surface area (Å²) >= 11 is 0. The zero-order valence-electron chi connectivity index (χ0n) is 38.3. The van der Waals surface area contributed by atoms with E-state index in [9.17, 15) is 29.4 Å². The van der Waals surface area contributed by atoms with Crippen LogP contribution in [0.2, 0.25) is 0 Å². The van der Waals surface area contributed by atoms with E-state index in [1.165, 1.54) is 0 Å². The number of fused-ring (bicyclic) bond motifs is 2. The van der Waals surface area contributed by atoms with E-state index in [0.717, 1.165) is 82.3 Å². The smallest absolute Gasteiger partial charge is 0.253 e. The Kier molecular flexibility index (Phi) is 15.1. The average molecular weight is 880 g/mol. The lowest BCUT2D eigenvalue weighted by atomic mass is 9.85. The highest BCUT2D eigenvalue weighted by Crippen LogP contribution is 2.39. The third-order valence-corrected chi connectivity index (χ3v) is 13.7. The third-order valence-electron chi connectivity index (χ3n) is 13.7. The number of rotatable bonds is 17. The van der Waals surface area contributed by atoms with Crippen LogP contribution >= 0.6 is 0 Å². The monoisotopic (exact) mass is 880 g/mol. The van der Waals surface area contributed by atoms with Crippen molar-refractivity contribution in [1.29, 1.82) is 0 Å². The summed E-state index contributed by atoms with van der Waals surface area (Å²) < 4.78 is 0. The van der Waals surface area contributed by atoms with E-state index >= 15 is 0 Å². The fourth-order valence-electron chi connectivity index (χ4n) is 9.92. The molecular formula is C49H69N9O6. The number of carbonyl (C=O) groups excluding carboxylic acids is 4. The van der Waals surface area contributed by atoms with E-state index in [4.69, 9.17) is 5.73 Å². The molecule has 5 aliphatic rings. The quantitative estimate of drug-likeness (QED) is 0.131. The van der Waals surface area contributed by atoms with Gasteiger partial charge in [-0.2, -0.15) is 0 Å². The van der Waals surface area contributed by atoms with Crippen LogP contribution in [0.25, 0.3) is 11.3 Å². The summed E-state index contributed by atoms with van der Waals surface area (Å²) in [7, 11) is 0. The van der Waals surface area contributed by atoms with Crippen molar-refractivity contribution in [3.8, 4) is 17.0 Å². The van der Waals surface area contributed by atoms with Crippen molar-refractivity contribution in [2.75, 3.05) is 56.4 Å². The molecule has 0 aliphatic carbocycles. The zero-order valence-corrected chi connectivity index (χ0v) is 38.3. The largest absolute Gasteiger partial charge is 0.507 e. The van der Waals surface area contributed by atoms with Crippen LogP contribution in [-0.4, -0.2) is 140 Å². The highest BCUT2D eigenvalue weighted by atomic mass is 16.3. The first-order valence-corrected chi connectivity index (χ1v) is 23.5. The number of para-hydroxylation sites is 1. The summed E-state index contributed by atoms with van der Waals surface area (Å²) in [5, 5.41) is 31.8. The number of aromatic nitrogens is 2. The number of piperidine rings is 1. The molecule has 64 heavy (non-hydrogen) atoms. The molecule has 3 aromatic rings. The van der Waals surface area contributed by atoms with Crippen LogP contribution in [0.5, 0.6) is 5.75 Å². The van der Waals surface area contributed by atoms with Crippen LogP contribution in [0.15, 0.2) is 54.6 Å². The fraction of sp³-hybridized carbons (Fsp3) is 0.592. The molecule has 5 fully saturated rings. The number of aliphatic hydroxyl groups is 1. The van der Waals surface area contributed by atoms with Crippen LogP contribution in [0, 0.1) is 5.41 Å². The molecule has 15 nitrogen and oxygen atoms in total. The van der Waals surface area contributed by atoms with E-state index in [1.807, 2.05) is 73.9 Å². The van der Waals surface area contributed by atoms with Gasteiger partial charge in [0.2, 0.25) is 17.7 Å². The van der Waals surface area contributed by atoms with E-state index in [0.29, 0.717) is 86.7 Å². The third kappa shape index (κ3) is 11.3. The van der Waals surface area contributed by atoms with Crippen LogP contribution in [0.4, 0.5) is 11.5 Å². The van der Waals surface area contributed by atoms with Gasteiger partial charge in [0.05, 0.1) is 17.5 Å². The van der Waals surface area contributed by atoms with Gasteiger partial charge >= 0.3 is 0 Å². The van der Waals surface area contributed by atoms with Crippen molar-refractivity contribution < 1.29 is 29.4 Å². The SMILES string of the molecule is C[C@@H]1C[C@@H](O)CN1C(=O)[C@@H](NC(=O)CCCCCCCCCC(=O)N1CCN(C(=O)c2cccc(CN3C4CC3CN(c3cc(-c5ccccc5O)nnc3N)C4)c2)CC1)C(C)(C)C. The van der Waals surface area contributed by atoms with Crippen LogP contribution < -0.4 is 16.0 Å². The number of benzene rings is 2. The van der Waals surface area contributed by atoms with Gasteiger partial charge in [-0.05, 0) is 73.9 Å².